The summed E-state index contributed by atoms with van der Waals surface area (Å²) in [4.78, 5) is 31.5. The van der Waals surface area contributed by atoms with Crippen LogP contribution >= 0.6 is 0 Å². The lowest BCUT2D eigenvalue weighted by molar-refractivity contribution is -0.138. The summed E-state index contributed by atoms with van der Waals surface area (Å²) in [6, 6.07) is 11.1. The van der Waals surface area contributed by atoms with Gasteiger partial charge >= 0.3 is 6.18 Å². The number of H-pyrrole nitrogens is 1. The fourth-order valence-corrected chi connectivity index (χ4v) is 6.65. The number of pyridine rings is 1. The van der Waals surface area contributed by atoms with E-state index in [4.69, 9.17) is 0 Å². The number of amides is 1. The molecule has 2 aliphatic rings. The van der Waals surface area contributed by atoms with Gasteiger partial charge in [-0.1, -0.05) is 56.4 Å². The zero-order valence-electron chi connectivity index (χ0n) is 25.4. The topological polar surface area (TPSA) is 68.4 Å². The summed E-state index contributed by atoms with van der Waals surface area (Å²) in [6.45, 7) is 5.16. The molecule has 1 amide bonds. The molecule has 0 spiro atoms. The van der Waals surface area contributed by atoms with E-state index in [0.29, 0.717) is 36.3 Å². The minimum atomic E-state index is -4.92. The molecule has 0 unspecified atom stereocenters. The molecule has 1 saturated heterocycles. The maximum Gasteiger partial charge on any atom is 0.417 e. The number of nitrogens with one attached hydrogen (secondary N) is 2. The first-order chi connectivity index (χ1) is 20.9. The molecule has 2 N–H and O–H groups in total. The number of piperazine rings is 1. The predicted molar refractivity (Wildman–Crippen MR) is 166 cm³/mol. The summed E-state index contributed by atoms with van der Waals surface area (Å²) < 4.78 is 57.5. The van der Waals surface area contributed by atoms with E-state index in [9.17, 15) is 22.8 Å². The number of hydrogen-bond acceptors (Lipinski definition) is 4. The van der Waals surface area contributed by atoms with Crippen molar-refractivity contribution in [2.75, 3.05) is 30.4 Å². The molecule has 1 aliphatic heterocycles. The first-order valence-corrected chi connectivity index (χ1v) is 15.4. The number of benzene rings is 2. The van der Waals surface area contributed by atoms with E-state index in [0.717, 1.165) is 24.6 Å². The number of aromatic amines is 1. The van der Waals surface area contributed by atoms with Crippen LogP contribution in [0.4, 0.5) is 28.9 Å². The molecule has 0 radical (unpaired) electrons. The van der Waals surface area contributed by atoms with Crippen LogP contribution in [0.2, 0.25) is 0 Å². The summed E-state index contributed by atoms with van der Waals surface area (Å²) in [5.41, 5.74) is -0.466. The first kappa shape index (κ1) is 31.8. The largest absolute Gasteiger partial charge is 0.417 e. The van der Waals surface area contributed by atoms with Gasteiger partial charge in [-0.25, -0.2) is 4.39 Å². The minimum absolute atomic E-state index is 0.113. The number of hydrogen-bond donors (Lipinski definition) is 2. The van der Waals surface area contributed by atoms with Crippen molar-refractivity contribution < 1.29 is 22.4 Å². The predicted octanol–water partition coefficient (Wildman–Crippen LogP) is 7.49. The molecular weight excluding hydrogens is 572 g/mol. The third-order valence-electron chi connectivity index (χ3n) is 9.36. The Balaban J connectivity index is 1.55. The average Bonchev–Trinajstić information content (AvgIpc) is 2.99. The highest BCUT2D eigenvalue weighted by molar-refractivity contribution is 6.07. The number of nitrogens with zero attached hydrogens (tertiary/aromatic N) is 2. The lowest BCUT2D eigenvalue weighted by atomic mass is 9.84. The van der Waals surface area contributed by atoms with Crippen LogP contribution in [0.25, 0.3) is 11.1 Å². The summed E-state index contributed by atoms with van der Waals surface area (Å²) in [5.74, 6) is -0.879. The molecule has 236 valence electrons. The summed E-state index contributed by atoms with van der Waals surface area (Å²) >= 11 is 0. The van der Waals surface area contributed by atoms with Gasteiger partial charge in [0.25, 0.3) is 5.91 Å². The Bertz CT molecular complexity index is 1530. The zero-order chi connectivity index (χ0) is 31.6. The normalized spacial score (nSPS) is 20.1. The molecule has 2 fully saturated rings. The number of anilines is 2. The van der Waals surface area contributed by atoms with Gasteiger partial charge in [-0.3, -0.25) is 14.5 Å². The van der Waals surface area contributed by atoms with Crippen LogP contribution in [0.3, 0.4) is 0 Å². The highest BCUT2D eigenvalue weighted by Crippen LogP contribution is 2.39. The van der Waals surface area contributed by atoms with E-state index >= 15 is 4.39 Å². The Morgan fingerprint density at radius 3 is 2.36 bits per heavy atom. The van der Waals surface area contributed by atoms with Crippen LogP contribution in [0.5, 0.6) is 0 Å². The van der Waals surface area contributed by atoms with Crippen LogP contribution in [-0.2, 0) is 12.6 Å². The van der Waals surface area contributed by atoms with E-state index < -0.39 is 34.6 Å². The Hall–Kier alpha value is -3.66. The van der Waals surface area contributed by atoms with Gasteiger partial charge < -0.3 is 15.2 Å². The number of carbonyl (C=O) groups excluding carboxylic acids is 1. The molecular formula is C34H40F4N4O2. The maximum absolute atomic E-state index is 16.1. The van der Waals surface area contributed by atoms with Gasteiger partial charge in [0.1, 0.15) is 5.82 Å². The molecule has 1 aromatic heterocycles. The molecule has 2 aromatic carbocycles. The smallest absolute Gasteiger partial charge is 0.367 e. The quantitative estimate of drug-likeness (QED) is 0.271. The van der Waals surface area contributed by atoms with Gasteiger partial charge in [-0.2, -0.15) is 13.2 Å². The van der Waals surface area contributed by atoms with Crippen molar-refractivity contribution in [1.82, 2.24) is 9.88 Å². The number of halogens is 4. The number of rotatable bonds is 7. The third-order valence-corrected chi connectivity index (χ3v) is 9.36. The molecule has 6 nitrogen and oxygen atoms in total. The first-order valence-electron chi connectivity index (χ1n) is 15.4. The highest BCUT2D eigenvalue weighted by atomic mass is 19.4. The molecule has 1 aliphatic carbocycles. The van der Waals surface area contributed by atoms with Crippen molar-refractivity contribution in [3.05, 3.63) is 81.5 Å². The van der Waals surface area contributed by atoms with Crippen molar-refractivity contribution in [3.8, 4) is 11.1 Å². The minimum Gasteiger partial charge on any atom is -0.367 e. The van der Waals surface area contributed by atoms with Gasteiger partial charge in [0, 0.05) is 43.0 Å². The SMILES string of the molecule is C[C@@H]1CN(c2cc(F)c(-c3ccccc3CCC3CCCCC3)cc2NC(=O)c2c[nH]c(=O)cc2C(F)(F)F)C[C@H](C)N1C. The van der Waals surface area contributed by atoms with Crippen molar-refractivity contribution in [1.29, 1.82) is 0 Å². The van der Waals surface area contributed by atoms with E-state index in [1.807, 2.05) is 50.1 Å². The maximum atomic E-state index is 16.1. The second-order valence-corrected chi connectivity index (χ2v) is 12.4. The van der Waals surface area contributed by atoms with E-state index in [2.05, 4.69) is 15.2 Å². The fraction of sp³-hybridized carbons (Fsp3) is 0.471. The summed E-state index contributed by atoms with van der Waals surface area (Å²) in [6.07, 6.45) is 3.78. The molecule has 10 heteroatoms. The van der Waals surface area contributed by atoms with E-state index in [-0.39, 0.29) is 23.3 Å². The van der Waals surface area contributed by atoms with Crippen molar-refractivity contribution in [3.63, 3.8) is 0 Å². The lowest BCUT2D eigenvalue weighted by Crippen LogP contribution is -2.55. The number of aryl methyl sites for hydroxylation is 1. The molecule has 0 bridgehead atoms. The molecule has 3 aromatic rings. The van der Waals surface area contributed by atoms with Crippen molar-refractivity contribution >= 4 is 17.3 Å². The fourth-order valence-electron chi connectivity index (χ4n) is 6.65. The molecule has 44 heavy (non-hydrogen) atoms. The lowest BCUT2D eigenvalue weighted by Gasteiger charge is -2.44. The van der Waals surface area contributed by atoms with E-state index in [1.165, 1.54) is 44.2 Å². The zero-order valence-corrected chi connectivity index (χ0v) is 25.4. The molecule has 5 rings (SSSR count). The number of alkyl halides is 3. The standard InChI is InChI=1S/C34H40F4N4O2/c1-21-19-42(20-22(2)41(21)3)31-17-29(35)26(25-12-8-7-11-24(25)14-13-23-9-5-4-6-10-23)15-30(31)40-33(44)27-18-39-32(43)16-28(27)34(36,37)38/h7-8,11-12,15-18,21-23H,4-6,9-10,13-14,19-20H2,1-3H3,(H,39,43)(H,40,44)/t21-,22+. The summed E-state index contributed by atoms with van der Waals surface area (Å²) in [7, 11) is 2.01. The summed E-state index contributed by atoms with van der Waals surface area (Å²) in [5, 5.41) is 2.65. The van der Waals surface area contributed by atoms with Crippen LogP contribution in [0.1, 0.15) is 73.9 Å². The van der Waals surface area contributed by atoms with Crippen LogP contribution in [0, 0.1) is 11.7 Å². The Kier molecular flexibility index (Phi) is 9.48. The average molecular weight is 613 g/mol. The Morgan fingerprint density at radius 2 is 1.68 bits per heavy atom. The second-order valence-electron chi connectivity index (χ2n) is 12.4. The highest BCUT2D eigenvalue weighted by Gasteiger charge is 2.36. The van der Waals surface area contributed by atoms with Gasteiger partial charge in [0.05, 0.1) is 22.5 Å². The number of likely N-dealkylation sites (N-methyl/N-ethyl adjacent to an activating group) is 1. The van der Waals surface area contributed by atoms with Crippen LogP contribution in [-0.4, -0.2) is 48.0 Å². The molecule has 2 heterocycles. The van der Waals surface area contributed by atoms with Gasteiger partial charge in [-0.15, -0.1) is 0 Å². The number of aromatic nitrogens is 1. The van der Waals surface area contributed by atoms with Gasteiger partial charge in [0.2, 0.25) is 5.56 Å². The van der Waals surface area contributed by atoms with E-state index in [1.54, 1.807) is 0 Å². The van der Waals surface area contributed by atoms with Crippen LogP contribution < -0.4 is 15.8 Å². The van der Waals surface area contributed by atoms with Gasteiger partial charge in [0.15, 0.2) is 0 Å². The monoisotopic (exact) mass is 612 g/mol. The molecule has 2 atom stereocenters. The number of carbonyl (C=O) groups is 1. The van der Waals surface area contributed by atoms with Gasteiger partial charge in [-0.05, 0) is 62.9 Å². The van der Waals surface area contributed by atoms with Crippen molar-refractivity contribution in [2.24, 2.45) is 5.92 Å². The van der Waals surface area contributed by atoms with Crippen LogP contribution in [0.15, 0.2) is 53.5 Å². The Morgan fingerprint density at radius 1 is 1.00 bits per heavy atom. The third kappa shape index (κ3) is 7.01. The Labute approximate surface area is 255 Å². The second kappa shape index (κ2) is 13.1. The molecule has 1 saturated carbocycles. The van der Waals surface area contributed by atoms with Crippen molar-refractivity contribution in [2.45, 2.75) is 77.1 Å².